The second-order valence-corrected chi connectivity index (χ2v) is 7.94. The van der Waals surface area contributed by atoms with Crippen molar-refractivity contribution in [2.24, 2.45) is 0 Å². The fraction of sp³-hybridized carbons (Fsp3) is 0.364. The number of carboxylic acid groups (broad SMARTS) is 1. The Balaban J connectivity index is 1.89. The van der Waals surface area contributed by atoms with E-state index >= 15 is 0 Å². The molecule has 0 saturated carbocycles. The second-order valence-electron chi connectivity index (χ2n) is 7.94. The quantitative estimate of drug-likeness (QED) is 0.473. The van der Waals surface area contributed by atoms with Gasteiger partial charge in [0.2, 0.25) is 5.65 Å². The zero-order valence-corrected chi connectivity index (χ0v) is 18.7. The molecule has 3 rings (SSSR count). The lowest BCUT2D eigenvalue weighted by Crippen LogP contribution is -2.52. The molecule has 2 heterocycles. The summed E-state index contributed by atoms with van der Waals surface area (Å²) in [6.45, 7) is 6.45. The van der Waals surface area contributed by atoms with Gasteiger partial charge in [-0.3, -0.25) is 9.20 Å². The number of fused-ring (bicyclic) bond motifs is 1. The molecule has 11 heteroatoms. The maximum atomic E-state index is 14.0. The van der Waals surface area contributed by atoms with E-state index in [1.807, 2.05) is 0 Å². The van der Waals surface area contributed by atoms with Crippen LogP contribution in [0, 0.1) is 25.5 Å². The van der Waals surface area contributed by atoms with Crippen molar-refractivity contribution < 1.29 is 28.2 Å². The summed E-state index contributed by atoms with van der Waals surface area (Å²) >= 11 is 0. The highest BCUT2D eigenvalue weighted by Crippen LogP contribution is 2.23. The van der Waals surface area contributed by atoms with Crippen LogP contribution < -0.4 is 15.4 Å². The molecular weight excluding hydrogens is 436 g/mol. The second kappa shape index (κ2) is 9.39. The predicted molar refractivity (Wildman–Crippen MR) is 115 cm³/mol. The van der Waals surface area contributed by atoms with E-state index in [0.717, 1.165) is 12.1 Å². The van der Waals surface area contributed by atoms with E-state index in [1.165, 1.54) is 10.5 Å². The van der Waals surface area contributed by atoms with Gasteiger partial charge in [0.1, 0.15) is 23.9 Å². The molecule has 0 spiro atoms. The number of benzene rings is 1. The van der Waals surface area contributed by atoms with Gasteiger partial charge in [-0.1, -0.05) is 13.0 Å². The summed E-state index contributed by atoms with van der Waals surface area (Å²) in [4.78, 5) is 32.7. The van der Waals surface area contributed by atoms with Gasteiger partial charge in [0.25, 0.3) is 11.8 Å². The number of carbonyl (C=O) groups excluding carboxylic acids is 1. The third kappa shape index (κ3) is 5.18. The Kier molecular flexibility index (Phi) is 6.80. The monoisotopic (exact) mass is 461 g/mol. The van der Waals surface area contributed by atoms with Crippen LogP contribution in [0.15, 0.2) is 24.4 Å². The van der Waals surface area contributed by atoms with Gasteiger partial charge in [0.05, 0.1) is 22.5 Å². The van der Waals surface area contributed by atoms with Gasteiger partial charge in [0.15, 0.2) is 0 Å². The predicted octanol–water partition coefficient (Wildman–Crippen LogP) is 3.37. The Morgan fingerprint density at radius 2 is 1.88 bits per heavy atom. The third-order valence-corrected chi connectivity index (χ3v) is 5.33. The molecule has 176 valence electrons. The standard InChI is InChI=1S/C22H25F2N5O4/c1-5-22(4,28-21(31)32)11-25-19(30)17-13(3)27-18-20(26-12(2)9-29(17)18)33-10-14-15(23)7-6-8-16(14)24/h6-9,28H,5,10-11H2,1-4H3,(H,25,30)(H,31,32). The Hall–Kier alpha value is -3.76. The lowest BCUT2D eigenvalue weighted by atomic mass is 9.99. The van der Waals surface area contributed by atoms with E-state index in [-0.39, 0.29) is 29.3 Å². The highest BCUT2D eigenvalue weighted by atomic mass is 19.1. The first kappa shape index (κ1) is 23.9. The lowest BCUT2D eigenvalue weighted by Gasteiger charge is -2.28. The normalized spacial score (nSPS) is 12.9. The smallest absolute Gasteiger partial charge is 0.405 e. The molecule has 1 atom stereocenters. The number of carbonyl (C=O) groups is 2. The fourth-order valence-electron chi connectivity index (χ4n) is 3.30. The summed E-state index contributed by atoms with van der Waals surface area (Å²) in [5.41, 5.74) is 0.194. The van der Waals surface area contributed by atoms with Crippen molar-refractivity contribution in [3.8, 4) is 5.88 Å². The molecule has 0 bridgehead atoms. The van der Waals surface area contributed by atoms with Crippen molar-refractivity contribution in [3.05, 3.63) is 58.7 Å². The van der Waals surface area contributed by atoms with Crippen LogP contribution >= 0.6 is 0 Å². The number of ether oxygens (including phenoxy) is 1. The molecule has 0 fully saturated rings. The number of hydrogen-bond acceptors (Lipinski definition) is 5. The molecule has 0 aliphatic heterocycles. The first-order chi connectivity index (χ1) is 15.5. The van der Waals surface area contributed by atoms with Gasteiger partial charge in [-0.05, 0) is 39.3 Å². The molecule has 0 aliphatic rings. The molecule has 2 aromatic heterocycles. The lowest BCUT2D eigenvalue weighted by molar-refractivity contribution is 0.0930. The van der Waals surface area contributed by atoms with Gasteiger partial charge in [-0.15, -0.1) is 0 Å². The SMILES string of the molecule is CCC(C)(CNC(=O)c1c(C)nc2c(OCc3c(F)cccc3F)nc(C)cn12)NC(=O)O. The summed E-state index contributed by atoms with van der Waals surface area (Å²) in [5.74, 6) is -1.94. The Morgan fingerprint density at radius 3 is 2.48 bits per heavy atom. The number of rotatable bonds is 8. The molecular formula is C22H25F2N5O4. The summed E-state index contributed by atoms with van der Waals surface area (Å²) in [7, 11) is 0. The highest BCUT2D eigenvalue weighted by Gasteiger charge is 2.27. The van der Waals surface area contributed by atoms with Crippen LogP contribution in [-0.4, -0.2) is 43.6 Å². The van der Waals surface area contributed by atoms with Crippen molar-refractivity contribution in [2.45, 2.75) is 46.3 Å². The molecule has 1 aromatic carbocycles. The van der Waals surface area contributed by atoms with E-state index in [1.54, 1.807) is 33.9 Å². The maximum absolute atomic E-state index is 14.0. The largest absolute Gasteiger partial charge is 0.470 e. The van der Waals surface area contributed by atoms with Crippen LogP contribution in [0.5, 0.6) is 5.88 Å². The first-order valence-electron chi connectivity index (χ1n) is 10.3. The van der Waals surface area contributed by atoms with E-state index in [2.05, 4.69) is 20.6 Å². The Morgan fingerprint density at radius 1 is 1.21 bits per heavy atom. The molecule has 33 heavy (non-hydrogen) atoms. The zero-order chi connectivity index (χ0) is 24.3. The van der Waals surface area contributed by atoms with Crippen LogP contribution in [0.3, 0.4) is 0 Å². The Bertz CT molecular complexity index is 1190. The topological polar surface area (TPSA) is 118 Å². The average Bonchev–Trinajstić information content (AvgIpc) is 3.07. The van der Waals surface area contributed by atoms with E-state index in [9.17, 15) is 18.4 Å². The fourth-order valence-corrected chi connectivity index (χ4v) is 3.30. The van der Waals surface area contributed by atoms with Crippen molar-refractivity contribution in [3.63, 3.8) is 0 Å². The Labute approximate surface area is 188 Å². The number of imidazole rings is 1. The van der Waals surface area contributed by atoms with E-state index in [0.29, 0.717) is 17.8 Å². The van der Waals surface area contributed by atoms with Crippen LogP contribution in [-0.2, 0) is 6.61 Å². The number of hydrogen-bond donors (Lipinski definition) is 3. The minimum absolute atomic E-state index is 0.0192. The molecule has 0 saturated heterocycles. The average molecular weight is 461 g/mol. The molecule has 9 nitrogen and oxygen atoms in total. The molecule has 0 aliphatic carbocycles. The number of nitrogens with one attached hydrogen (secondary N) is 2. The maximum Gasteiger partial charge on any atom is 0.405 e. The zero-order valence-electron chi connectivity index (χ0n) is 18.7. The van der Waals surface area contributed by atoms with Gasteiger partial charge in [-0.25, -0.2) is 23.5 Å². The number of amides is 2. The van der Waals surface area contributed by atoms with Gasteiger partial charge in [-0.2, -0.15) is 0 Å². The summed E-state index contributed by atoms with van der Waals surface area (Å²) in [5, 5.41) is 14.2. The number of nitrogens with zero attached hydrogens (tertiary/aromatic N) is 3. The minimum atomic E-state index is -1.19. The highest BCUT2D eigenvalue weighted by molar-refractivity contribution is 5.95. The number of aryl methyl sites for hydroxylation is 2. The summed E-state index contributed by atoms with van der Waals surface area (Å²) in [6.07, 6.45) is 0.864. The van der Waals surface area contributed by atoms with Crippen molar-refractivity contribution in [1.29, 1.82) is 0 Å². The molecule has 1 unspecified atom stereocenters. The van der Waals surface area contributed by atoms with Crippen molar-refractivity contribution in [2.75, 3.05) is 6.54 Å². The molecule has 0 radical (unpaired) electrons. The van der Waals surface area contributed by atoms with Crippen LogP contribution in [0.25, 0.3) is 5.65 Å². The van der Waals surface area contributed by atoms with Crippen molar-refractivity contribution >= 4 is 17.6 Å². The number of halogens is 2. The third-order valence-electron chi connectivity index (χ3n) is 5.33. The van der Waals surface area contributed by atoms with E-state index < -0.39 is 35.8 Å². The van der Waals surface area contributed by atoms with Crippen LogP contribution in [0.2, 0.25) is 0 Å². The number of aromatic nitrogens is 3. The van der Waals surface area contributed by atoms with Gasteiger partial charge < -0.3 is 20.5 Å². The summed E-state index contributed by atoms with van der Waals surface area (Å²) < 4.78 is 35.0. The first-order valence-corrected chi connectivity index (χ1v) is 10.3. The van der Waals surface area contributed by atoms with Crippen molar-refractivity contribution in [1.82, 2.24) is 25.0 Å². The minimum Gasteiger partial charge on any atom is -0.470 e. The molecule has 3 N–H and O–H groups in total. The van der Waals surface area contributed by atoms with Gasteiger partial charge >= 0.3 is 6.09 Å². The molecule has 3 aromatic rings. The van der Waals surface area contributed by atoms with E-state index in [4.69, 9.17) is 9.84 Å². The van der Waals surface area contributed by atoms with Crippen LogP contribution in [0.1, 0.15) is 47.7 Å². The summed E-state index contributed by atoms with van der Waals surface area (Å²) in [6, 6.07) is 3.52. The van der Waals surface area contributed by atoms with Crippen LogP contribution in [0.4, 0.5) is 13.6 Å². The molecule has 2 amide bonds. The van der Waals surface area contributed by atoms with Gasteiger partial charge in [0, 0.05) is 12.7 Å².